The minimum Gasteiger partial charge on any atom is -0.481 e. The van der Waals surface area contributed by atoms with Gasteiger partial charge in [0.2, 0.25) is 0 Å². The Morgan fingerprint density at radius 1 is 1.31 bits per heavy atom. The third kappa shape index (κ3) is 8.16. The Hall–Kier alpha value is -1.64. The Bertz CT molecular complexity index is 552. The van der Waals surface area contributed by atoms with Crippen LogP contribution >= 0.6 is 0 Å². The van der Waals surface area contributed by atoms with Crippen LogP contribution in [-0.2, 0) is 9.59 Å². The van der Waals surface area contributed by atoms with Crippen LogP contribution in [0.15, 0.2) is 12.2 Å². The Labute approximate surface area is 156 Å². The predicted molar refractivity (Wildman–Crippen MR) is 100 cm³/mol. The average Bonchev–Trinajstić information content (AvgIpc) is 2.82. The number of hydrogen-bond donors (Lipinski definition) is 3. The van der Waals surface area contributed by atoms with Crippen molar-refractivity contribution in [3.63, 3.8) is 0 Å². The third-order valence-corrected chi connectivity index (χ3v) is 5.00. The summed E-state index contributed by atoms with van der Waals surface area (Å²) in [6.45, 7) is 3.47. The normalized spacial score (nSPS) is 25.1. The van der Waals surface area contributed by atoms with E-state index < -0.39 is 17.7 Å². The molecule has 0 heterocycles. The van der Waals surface area contributed by atoms with Gasteiger partial charge in [0.05, 0.1) is 11.7 Å². The molecular weight excluding hydrogens is 332 g/mol. The van der Waals surface area contributed by atoms with E-state index in [1.807, 2.05) is 0 Å². The molecule has 0 aromatic heterocycles. The molecule has 1 aliphatic carbocycles. The first-order chi connectivity index (χ1) is 12.3. The monoisotopic (exact) mass is 364 g/mol. The number of ketones is 1. The maximum absolute atomic E-state index is 12.2. The number of Topliss-reactive ketones (excluding diaryl/α,β-unsaturated/α-hetero) is 1. The third-order valence-electron chi connectivity index (χ3n) is 5.00. The fourth-order valence-electron chi connectivity index (χ4n) is 3.43. The highest BCUT2D eigenvalue weighted by molar-refractivity contribution is 5.84. The smallest absolute Gasteiger partial charge is 0.303 e. The molecular formula is C21H32O5. The van der Waals surface area contributed by atoms with Gasteiger partial charge in [-0.15, -0.1) is 11.8 Å². The highest BCUT2D eigenvalue weighted by atomic mass is 16.4. The van der Waals surface area contributed by atoms with Crippen LogP contribution in [0.2, 0.25) is 0 Å². The van der Waals surface area contributed by atoms with Gasteiger partial charge in [-0.3, -0.25) is 9.59 Å². The molecule has 0 aromatic rings. The fraction of sp³-hybridized carbons (Fsp3) is 0.714. The zero-order chi connectivity index (χ0) is 19.6. The van der Waals surface area contributed by atoms with Crippen molar-refractivity contribution in [3.8, 4) is 11.8 Å². The number of rotatable bonds is 11. The molecule has 0 bridgehead atoms. The van der Waals surface area contributed by atoms with Crippen molar-refractivity contribution in [1.82, 2.24) is 0 Å². The van der Waals surface area contributed by atoms with Gasteiger partial charge in [-0.25, -0.2) is 0 Å². The molecule has 1 fully saturated rings. The van der Waals surface area contributed by atoms with E-state index in [0.717, 1.165) is 19.3 Å². The van der Waals surface area contributed by atoms with E-state index >= 15 is 0 Å². The van der Waals surface area contributed by atoms with E-state index in [4.69, 9.17) is 5.11 Å². The topological polar surface area (TPSA) is 94.8 Å². The first-order valence-electron chi connectivity index (χ1n) is 9.51. The number of hydrogen-bond acceptors (Lipinski definition) is 4. The van der Waals surface area contributed by atoms with E-state index in [2.05, 4.69) is 11.8 Å². The van der Waals surface area contributed by atoms with Crippen molar-refractivity contribution >= 4 is 11.8 Å². The van der Waals surface area contributed by atoms with Gasteiger partial charge in [0.1, 0.15) is 5.78 Å². The lowest BCUT2D eigenvalue weighted by atomic mass is 9.87. The first-order valence-corrected chi connectivity index (χ1v) is 9.51. The lowest BCUT2D eigenvalue weighted by Crippen LogP contribution is -2.23. The molecule has 0 aliphatic heterocycles. The quantitative estimate of drug-likeness (QED) is 0.297. The van der Waals surface area contributed by atoms with Crippen molar-refractivity contribution in [2.45, 2.75) is 83.3 Å². The van der Waals surface area contributed by atoms with Crippen LogP contribution in [0.25, 0.3) is 0 Å². The molecule has 5 nitrogen and oxygen atoms in total. The molecule has 1 unspecified atom stereocenters. The Kier molecular flexibility index (Phi) is 9.61. The Morgan fingerprint density at radius 3 is 2.65 bits per heavy atom. The van der Waals surface area contributed by atoms with Gasteiger partial charge in [0.25, 0.3) is 0 Å². The minimum absolute atomic E-state index is 0.0779. The predicted octanol–water partition coefficient (Wildman–Crippen LogP) is 3.09. The van der Waals surface area contributed by atoms with Crippen LogP contribution in [0.5, 0.6) is 0 Å². The number of aliphatic hydroxyl groups excluding tert-OH is 1. The van der Waals surface area contributed by atoms with Crippen molar-refractivity contribution < 1.29 is 24.9 Å². The number of aliphatic carboxylic acids is 1. The molecule has 0 amide bonds. The summed E-state index contributed by atoms with van der Waals surface area (Å²) >= 11 is 0. The van der Waals surface area contributed by atoms with E-state index in [0.29, 0.717) is 25.7 Å². The van der Waals surface area contributed by atoms with Crippen LogP contribution in [0.3, 0.4) is 0 Å². The summed E-state index contributed by atoms with van der Waals surface area (Å²) in [5, 5.41) is 29.2. The summed E-state index contributed by atoms with van der Waals surface area (Å²) in [4.78, 5) is 22.7. The van der Waals surface area contributed by atoms with Gasteiger partial charge >= 0.3 is 5.97 Å². The second-order valence-corrected chi connectivity index (χ2v) is 7.41. The lowest BCUT2D eigenvalue weighted by molar-refractivity contribution is -0.137. The number of aliphatic hydroxyl groups is 2. The SMILES string of the molecule is CC#CCCC(C)(O)C=C[C@H]1[C@H](O)CC(=O)[C@@H]1CCCCCCC(=O)O. The van der Waals surface area contributed by atoms with Crippen molar-refractivity contribution in [1.29, 1.82) is 0 Å². The van der Waals surface area contributed by atoms with E-state index in [-0.39, 0.29) is 30.5 Å². The van der Waals surface area contributed by atoms with Crippen LogP contribution in [0.4, 0.5) is 0 Å². The summed E-state index contributed by atoms with van der Waals surface area (Å²) in [6, 6.07) is 0. The van der Waals surface area contributed by atoms with Gasteiger partial charge < -0.3 is 15.3 Å². The maximum Gasteiger partial charge on any atom is 0.303 e. The Morgan fingerprint density at radius 2 is 2.00 bits per heavy atom. The van der Waals surface area contributed by atoms with Crippen molar-refractivity contribution in [2.24, 2.45) is 11.8 Å². The summed E-state index contributed by atoms with van der Waals surface area (Å²) in [6.07, 6.45) is 8.17. The standard InChI is InChI=1S/C21H32O5/c1-3-4-9-13-21(2,26)14-12-17-16(18(22)15-19(17)23)10-7-5-6-8-11-20(24)25/h12,14,16-17,19,23,26H,5-11,13,15H2,1-2H3,(H,24,25)/t16-,17-,19-,21?/m1/s1. The zero-order valence-electron chi connectivity index (χ0n) is 15.9. The van der Waals surface area contributed by atoms with Crippen LogP contribution in [0.1, 0.15) is 71.6 Å². The number of unbranched alkanes of at least 4 members (excludes halogenated alkanes) is 3. The molecule has 0 radical (unpaired) electrons. The van der Waals surface area contributed by atoms with Crippen molar-refractivity contribution in [3.05, 3.63) is 12.2 Å². The molecule has 3 N–H and O–H groups in total. The molecule has 5 heteroatoms. The summed E-state index contributed by atoms with van der Waals surface area (Å²) < 4.78 is 0. The molecule has 1 rings (SSSR count). The molecule has 1 saturated carbocycles. The summed E-state index contributed by atoms with van der Waals surface area (Å²) in [7, 11) is 0. The lowest BCUT2D eigenvalue weighted by Gasteiger charge is -2.21. The number of carbonyl (C=O) groups excluding carboxylic acids is 1. The second-order valence-electron chi connectivity index (χ2n) is 7.41. The Balaban J connectivity index is 2.52. The van der Waals surface area contributed by atoms with E-state index in [1.54, 1.807) is 26.0 Å². The molecule has 26 heavy (non-hydrogen) atoms. The highest BCUT2D eigenvalue weighted by Crippen LogP contribution is 2.35. The molecule has 0 saturated heterocycles. The van der Waals surface area contributed by atoms with E-state index in [9.17, 15) is 19.8 Å². The highest BCUT2D eigenvalue weighted by Gasteiger charge is 2.39. The van der Waals surface area contributed by atoms with Crippen LogP contribution in [-0.4, -0.2) is 38.8 Å². The molecule has 0 spiro atoms. The summed E-state index contributed by atoms with van der Waals surface area (Å²) in [5.74, 6) is 4.55. The van der Waals surface area contributed by atoms with E-state index in [1.165, 1.54) is 0 Å². The van der Waals surface area contributed by atoms with Crippen LogP contribution < -0.4 is 0 Å². The number of carboxylic acid groups (broad SMARTS) is 1. The fourth-order valence-corrected chi connectivity index (χ4v) is 3.43. The minimum atomic E-state index is -1.00. The summed E-state index contributed by atoms with van der Waals surface area (Å²) in [5.41, 5.74) is -1.00. The van der Waals surface area contributed by atoms with Gasteiger partial charge in [0.15, 0.2) is 0 Å². The average molecular weight is 364 g/mol. The molecule has 146 valence electrons. The van der Waals surface area contributed by atoms with Gasteiger partial charge in [0, 0.05) is 31.1 Å². The largest absolute Gasteiger partial charge is 0.481 e. The number of carbonyl (C=O) groups is 2. The molecule has 4 atom stereocenters. The van der Waals surface area contributed by atoms with Crippen molar-refractivity contribution in [2.75, 3.05) is 0 Å². The van der Waals surface area contributed by atoms with Crippen LogP contribution in [0, 0.1) is 23.7 Å². The maximum atomic E-state index is 12.2. The number of carboxylic acids is 1. The van der Waals surface area contributed by atoms with Gasteiger partial charge in [-0.1, -0.05) is 31.4 Å². The zero-order valence-corrected chi connectivity index (χ0v) is 15.9. The molecule has 0 aromatic carbocycles. The molecule has 1 aliphatic rings. The van der Waals surface area contributed by atoms with Gasteiger partial charge in [-0.2, -0.15) is 0 Å². The second kappa shape index (κ2) is 11.2. The first kappa shape index (κ1) is 22.4. The van der Waals surface area contributed by atoms with Gasteiger partial charge in [-0.05, 0) is 33.1 Å².